The summed E-state index contributed by atoms with van der Waals surface area (Å²) in [6.07, 6.45) is 2.32. The molecule has 2 aromatic carbocycles. The van der Waals surface area contributed by atoms with Gasteiger partial charge in [0.1, 0.15) is 10.6 Å². The summed E-state index contributed by atoms with van der Waals surface area (Å²) in [7, 11) is -3.71. The molecule has 198 valence electrons. The summed E-state index contributed by atoms with van der Waals surface area (Å²) < 4.78 is 44.8. The summed E-state index contributed by atoms with van der Waals surface area (Å²) >= 11 is 0. The standard InChI is InChI=1S/C27H32FN3O5S/c1-4-25(32)27(2,37(3,34)35)9-10-31-18-29-24-16-21(23(28)15-22(24)26(31)33)20-7-5-19(6-8-20)17-30-11-13-36-14-12-30/h5-8,15-16,18H,4,9-14,17H2,1-3H3/t27-/m1/s1. The number of halogens is 1. The summed E-state index contributed by atoms with van der Waals surface area (Å²) in [5, 5.41) is 0.0931. The lowest BCUT2D eigenvalue weighted by atomic mass is 9.99. The first-order chi connectivity index (χ1) is 17.5. The average Bonchev–Trinajstić information content (AvgIpc) is 2.88. The first-order valence-corrected chi connectivity index (χ1v) is 14.2. The number of ether oxygens (including phenoxy) is 1. The Labute approximate surface area is 216 Å². The third-order valence-corrected chi connectivity index (χ3v) is 9.32. The van der Waals surface area contributed by atoms with Crippen LogP contribution in [0, 0.1) is 5.82 Å². The van der Waals surface area contributed by atoms with Gasteiger partial charge in [-0.3, -0.25) is 19.1 Å². The molecule has 3 aromatic rings. The molecule has 0 bridgehead atoms. The van der Waals surface area contributed by atoms with E-state index in [1.807, 2.05) is 24.3 Å². The number of hydrogen-bond acceptors (Lipinski definition) is 7. The third-order valence-electron chi connectivity index (χ3n) is 7.25. The number of rotatable bonds is 9. The fourth-order valence-electron chi connectivity index (χ4n) is 4.61. The van der Waals surface area contributed by atoms with Crippen molar-refractivity contribution in [3.8, 4) is 11.1 Å². The molecule has 37 heavy (non-hydrogen) atoms. The number of ketones is 1. The molecule has 0 spiro atoms. The van der Waals surface area contributed by atoms with E-state index in [2.05, 4.69) is 9.88 Å². The second-order valence-electron chi connectivity index (χ2n) is 9.71. The number of benzene rings is 2. The van der Waals surface area contributed by atoms with Gasteiger partial charge in [0.2, 0.25) is 0 Å². The van der Waals surface area contributed by atoms with Gasteiger partial charge in [0.05, 0.1) is 30.4 Å². The fourth-order valence-corrected chi connectivity index (χ4v) is 5.63. The van der Waals surface area contributed by atoms with Crippen LogP contribution in [0.3, 0.4) is 0 Å². The van der Waals surface area contributed by atoms with Crippen LogP contribution in [0.25, 0.3) is 22.0 Å². The van der Waals surface area contributed by atoms with Gasteiger partial charge in [0, 0.05) is 44.4 Å². The van der Waals surface area contributed by atoms with Gasteiger partial charge in [-0.1, -0.05) is 31.2 Å². The number of morpholine rings is 1. The summed E-state index contributed by atoms with van der Waals surface area (Å²) in [5.41, 5.74) is 1.99. The highest BCUT2D eigenvalue weighted by Gasteiger charge is 2.41. The Kier molecular flexibility index (Phi) is 7.91. The monoisotopic (exact) mass is 529 g/mol. The molecule has 1 aromatic heterocycles. The number of carbonyl (C=O) groups is 1. The molecular formula is C27H32FN3O5S. The molecule has 1 saturated heterocycles. The van der Waals surface area contributed by atoms with Crippen LogP contribution in [0.4, 0.5) is 4.39 Å². The molecule has 0 saturated carbocycles. The molecule has 0 aliphatic carbocycles. The summed E-state index contributed by atoms with van der Waals surface area (Å²) in [6, 6.07) is 10.4. The second kappa shape index (κ2) is 10.8. The van der Waals surface area contributed by atoms with Crippen LogP contribution < -0.4 is 5.56 Å². The second-order valence-corrected chi connectivity index (χ2v) is 12.2. The van der Waals surface area contributed by atoms with Crippen molar-refractivity contribution in [1.29, 1.82) is 0 Å². The summed E-state index contributed by atoms with van der Waals surface area (Å²) in [6.45, 7) is 6.96. The van der Waals surface area contributed by atoms with E-state index in [1.165, 1.54) is 23.9 Å². The van der Waals surface area contributed by atoms with Crippen molar-refractivity contribution in [3.63, 3.8) is 0 Å². The molecular weight excluding hydrogens is 497 g/mol. The lowest BCUT2D eigenvalue weighted by molar-refractivity contribution is -0.121. The van der Waals surface area contributed by atoms with E-state index in [1.54, 1.807) is 13.0 Å². The van der Waals surface area contributed by atoms with Crippen LogP contribution in [-0.4, -0.2) is 66.0 Å². The SMILES string of the molecule is CCC(=O)[C@@](C)(CCn1cnc2cc(-c3ccc(CN4CCOCC4)cc3)c(F)cc2c1=O)S(C)(=O)=O. The van der Waals surface area contributed by atoms with Gasteiger partial charge >= 0.3 is 0 Å². The first-order valence-electron chi connectivity index (χ1n) is 12.3. The topological polar surface area (TPSA) is 98.6 Å². The van der Waals surface area contributed by atoms with E-state index in [4.69, 9.17) is 4.74 Å². The predicted molar refractivity (Wildman–Crippen MR) is 141 cm³/mol. The van der Waals surface area contributed by atoms with Gasteiger partial charge in [-0.05, 0) is 36.6 Å². The molecule has 1 atom stereocenters. The van der Waals surface area contributed by atoms with Crippen LogP contribution in [0.15, 0.2) is 47.5 Å². The van der Waals surface area contributed by atoms with E-state index >= 15 is 4.39 Å². The number of aryl methyl sites for hydroxylation is 1. The number of carbonyl (C=O) groups excluding carboxylic acids is 1. The average molecular weight is 530 g/mol. The molecule has 1 aliphatic heterocycles. The molecule has 0 unspecified atom stereocenters. The maximum atomic E-state index is 15.2. The molecule has 0 radical (unpaired) electrons. The highest BCUT2D eigenvalue weighted by molar-refractivity contribution is 7.92. The third kappa shape index (κ3) is 5.66. The van der Waals surface area contributed by atoms with Crippen LogP contribution in [0.5, 0.6) is 0 Å². The zero-order valence-electron chi connectivity index (χ0n) is 21.4. The minimum absolute atomic E-state index is 0.0366. The lowest BCUT2D eigenvalue weighted by Gasteiger charge is -2.26. The Balaban J connectivity index is 1.58. The van der Waals surface area contributed by atoms with Crippen molar-refractivity contribution in [2.75, 3.05) is 32.6 Å². The van der Waals surface area contributed by atoms with Crippen molar-refractivity contribution >= 4 is 26.5 Å². The van der Waals surface area contributed by atoms with Crippen LogP contribution in [0.1, 0.15) is 32.3 Å². The van der Waals surface area contributed by atoms with E-state index in [9.17, 15) is 18.0 Å². The highest BCUT2D eigenvalue weighted by atomic mass is 32.2. The minimum Gasteiger partial charge on any atom is -0.379 e. The maximum absolute atomic E-state index is 15.2. The van der Waals surface area contributed by atoms with Gasteiger partial charge in [-0.25, -0.2) is 17.8 Å². The zero-order chi connectivity index (χ0) is 26.8. The minimum atomic E-state index is -3.71. The molecule has 0 amide bonds. The molecule has 1 aliphatic rings. The Morgan fingerprint density at radius 2 is 1.84 bits per heavy atom. The Bertz CT molecular complexity index is 1460. The van der Waals surface area contributed by atoms with Crippen LogP contribution in [0.2, 0.25) is 0 Å². The molecule has 8 nitrogen and oxygen atoms in total. The number of Topliss-reactive ketones (excluding diaryl/α,β-unsaturated/α-hetero) is 1. The van der Waals surface area contributed by atoms with Crippen LogP contribution >= 0.6 is 0 Å². The van der Waals surface area contributed by atoms with Crippen molar-refractivity contribution in [2.45, 2.75) is 44.5 Å². The zero-order valence-corrected chi connectivity index (χ0v) is 22.2. The summed E-state index contributed by atoms with van der Waals surface area (Å²) in [5.74, 6) is -0.962. The summed E-state index contributed by atoms with van der Waals surface area (Å²) in [4.78, 5) is 32.1. The van der Waals surface area contributed by atoms with E-state index in [-0.39, 0.29) is 24.8 Å². The Morgan fingerprint density at radius 1 is 1.16 bits per heavy atom. The van der Waals surface area contributed by atoms with Crippen molar-refractivity contribution in [2.24, 2.45) is 0 Å². The van der Waals surface area contributed by atoms with Gasteiger partial charge < -0.3 is 4.74 Å². The largest absolute Gasteiger partial charge is 0.379 e. The molecule has 10 heteroatoms. The number of hydrogen-bond donors (Lipinski definition) is 0. The van der Waals surface area contributed by atoms with Gasteiger partial charge in [-0.2, -0.15) is 0 Å². The van der Waals surface area contributed by atoms with Gasteiger partial charge in [-0.15, -0.1) is 0 Å². The number of nitrogens with zero attached hydrogens (tertiary/aromatic N) is 3. The Hall–Kier alpha value is -2.95. The predicted octanol–water partition coefficient (Wildman–Crippen LogP) is 3.21. The molecule has 2 heterocycles. The van der Waals surface area contributed by atoms with Crippen molar-refractivity contribution < 1.29 is 22.3 Å². The first kappa shape index (κ1) is 27.1. The van der Waals surface area contributed by atoms with Gasteiger partial charge in [0.15, 0.2) is 15.6 Å². The maximum Gasteiger partial charge on any atom is 0.261 e. The van der Waals surface area contributed by atoms with Crippen LogP contribution in [-0.2, 0) is 32.5 Å². The smallest absolute Gasteiger partial charge is 0.261 e. The molecule has 1 fully saturated rings. The fraction of sp³-hybridized carbons (Fsp3) is 0.444. The van der Waals surface area contributed by atoms with Crippen molar-refractivity contribution in [3.05, 3.63) is 64.5 Å². The highest BCUT2D eigenvalue weighted by Crippen LogP contribution is 2.27. The molecule has 0 N–H and O–H groups in total. The van der Waals surface area contributed by atoms with Crippen molar-refractivity contribution in [1.82, 2.24) is 14.5 Å². The van der Waals surface area contributed by atoms with E-state index in [0.29, 0.717) is 16.6 Å². The number of sulfone groups is 1. The molecule has 4 rings (SSSR count). The normalized spacial score (nSPS) is 16.5. The van der Waals surface area contributed by atoms with E-state index in [0.717, 1.165) is 44.7 Å². The van der Waals surface area contributed by atoms with E-state index < -0.39 is 31.7 Å². The number of fused-ring (bicyclic) bond motifs is 1. The van der Waals surface area contributed by atoms with Gasteiger partial charge in [0.25, 0.3) is 5.56 Å². The lowest BCUT2D eigenvalue weighted by Crippen LogP contribution is -2.44. The number of aromatic nitrogens is 2. The quantitative estimate of drug-likeness (QED) is 0.420. The Morgan fingerprint density at radius 3 is 2.46 bits per heavy atom.